The van der Waals surface area contributed by atoms with Crippen LogP contribution in [0.25, 0.3) is 0 Å². The van der Waals surface area contributed by atoms with E-state index in [1.54, 1.807) is 0 Å². The van der Waals surface area contributed by atoms with Crippen LogP contribution in [0.3, 0.4) is 0 Å². The largest absolute Gasteiger partial charge is 0.389 e. The fourth-order valence-electron chi connectivity index (χ4n) is 1.53. The van der Waals surface area contributed by atoms with Gasteiger partial charge in [0.1, 0.15) is 11.6 Å². The second-order valence-electron chi connectivity index (χ2n) is 4.63. The second-order valence-corrected chi connectivity index (χ2v) is 5.54. The van der Waals surface area contributed by atoms with Crippen molar-refractivity contribution in [3.05, 3.63) is 46.1 Å². The lowest BCUT2D eigenvalue weighted by Gasteiger charge is -2.07. The van der Waals surface area contributed by atoms with E-state index >= 15 is 0 Å². The summed E-state index contributed by atoms with van der Waals surface area (Å²) in [5.41, 5.74) is 1.29. The molecule has 0 atom stereocenters. The number of nitriles is 1. The first kappa shape index (κ1) is 16.3. The van der Waals surface area contributed by atoms with Crippen LogP contribution in [0, 0.1) is 11.3 Å². The summed E-state index contributed by atoms with van der Waals surface area (Å²) in [6.07, 6.45) is 2.30. The van der Waals surface area contributed by atoms with Crippen molar-refractivity contribution >= 4 is 21.8 Å². The molecule has 0 saturated carbocycles. The Morgan fingerprint density at radius 1 is 1.40 bits per heavy atom. The van der Waals surface area contributed by atoms with Crippen LogP contribution in [-0.2, 0) is 11.2 Å². The summed E-state index contributed by atoms with van der Waals surface area (Å²) in [4.78, 5) is 11.6. The summed E-state index contributed by atoms with van der Waals surface area (Å²) in [7, 11) is 0. The van der Waals surface area contributed by atoms with Crippen LogP contribution in [0.5, 0.6) is 0 Å². The molecule has 2 N–H and O–H groups in total. The van der Waals surface area contributed by atoms with Gasteiger partial charge in [0.15, 0.2) is 0 Å². The Bertz CT molecular complexity index is 515. The number of hydrogen-bond acceptors (Lipinski definition) is 3. The third-order valence-electron chi connectivity index (χ3n) is 2.50. The first-order chi connectivity index (χ1) is 9.52. The summed E-state index contributed by atoms with van der Waals surface area (Å²) >= 11 is 3.39. The minimum Gasteiger partial charge on any atom is -0.389 e. The van der Waals surface area contributed by atoms with E-state index in [1.807, 2.05) is 44.2 Å². The molecule has 0 aromatic heterocycles. The molecule has 1 amide bonds. The molecule has 0 radical (unpaired) electrons. The Hall–Kier alpha value is -1.80. The van der Waals surface area contributed by atoms with Crippen molar-refractivity contribution in [2.24, 2.45) is 0 Å². The zero-order valence-corrected chi connectivity index (χ0v) is 13.2. The van der Waals surface area contributed by atoms with Gasteiger partial charge in [-0.3, -0.25) is 4.79 Å². The van der Waals surface area contributed by atoms with Gasteiger partial charge in [-0.1, -0.05) is 28.1 Å². The smallest absolute Gasteiger partial charge is 0.263 e. The fraction of sp³-hybridized carbons (Fsp3) is 0.333. The quantitative estimate of drug-likeness (QED) is 0.477. The van der Waals surface area contributed by atoms with Crippen molar-refractivity contribution in [2.45, 2.75) is 26.3 Å². The van der Waals surface area contributed by atoms with Crippen molar-refractivity contribution in [1.29, 1.82) is 5.26 Å². The Morgan fingerprint density at radius 2 is 2.05 bits per heavy atom. The zero-order chi connectivity index (χ0) is 15.0. The first-order valence-electron chi connectivity index (χ1n) is 6.42. The lowest BCUT2D eigenvalue weighted by molar-refractivity contribution is -0.117. The van der Waals surface area contributed by atoms with Gasteiger partial charge < -0.3 is 10.6 Å². The molecule has 0 aliphatic rings. The summed E-state index contributed by atoms with van der Waals surface area (Å²) < 4.78 is 1.05. The molecule has 0 aliphatic carbocycles. The Labute approximate surface area is 128 Å². The maximum atomic E-state index is 11.6. The molecule has 0 unspecified atom stereocenters. The summed E-state index contributed by atoms with van der Waals surface area (Å²) in [6.45, 7) is 4.38. The average molecular weight is 336 g/mol. The van der Waals surface area contributed by atoms with Gasteiger partial charge in [-0.2, -0.15) is 5.26 Å². The molecular weight excluding hydrogens is 318 g/mol. The molecule has 106 valence electrons. The Balaban J connectivity index is 2.44. The minimum atomic E-state index is -0.348. The molecule has 0 saturated heterocycles. The molecule has 20 heavy (non-hydrogen) atoms. The van der Waals surface area contributed by atoms with E-state index in [0.717, 1.165) is 10.9 Å². The van der Waals surface area contributed by atoms with E-state index in [9.17, 15) is 4.79 Å². The molecule has 1 aromatic rings. The van der Waals surface area contributed by atoms with Gasteiger partial charge in [0.05, 0.1) is 0 Å². The van der Waals surface area contributed by atoms with Gasteiger partial charge in [0.2, 0.25) is 0 Å². The number of amides is 1. The predicted octanol–water partition coefficient (Wildman–Crippen LogP) is 2.51. The van der Waals surface area contributed by atoms with Crippen molar-refractivity contribution in [3.63, 3.8) is 0 Å². The van der Waals surface area contributed by atoms with E-state index < -0.39 is 0 Å². The highest BCUT2D eigenvalue weighted by Crippen LogP contribution is 2.10. The van der Waals surface area contributed by atoms with Crippen molar-refractivity contribution in [1.82, 2.24) is 10.6 Å². The number of carbonyl (C=O) groups excluding carboxylic acids is 1. The van der Waals surface area contributed by atoms with Crippen molar-refractivity contribution in [2.75, 3.05) is 6.54 Å². The molecule has 1 aromatic carbocycles. The molecule has 4 nitrogen and oxygen atoms in total. The van der Waals surface area contributed by atoms with Crippen LogP contribution < -0.4 is 10.6 Å². The maximum Gasteiger partial charge on any atom is 0.263 e. The SMILES string of the molecule is CC(C)NC(=O)/C(C#N)=C\NCCc1ccc(Br)cc1. The van der Waals surface area contributed by atoms with Crippen LogP contribution >= 0.6 is 15.9 Å². The molecule has 0 spiro atoms. The van der Waals surface area contributed by atoms with Gasteiger partial charge in [-0.25, -0.2) is 0 Å². The van der Waals surface area contributed by atoms with Gasteiger partial charge in [0.25, 0.3) is 5.91 Å². The second kappa shape index (κ2) is 8.39. The van der Waals surface area contributed by atoms with E-state index in [2.05, 4.69) is 26.6 Å². The van der Waals surface area contributed by atoms with Crippen LogP contribution in [0.1, 0.15) is 19.4 Å². The van der Waals surface area contributed by atoms with Gasteiger partial charge >= 0.3 is 0 Å². The highest BCUT2D eigenvalue weighted by Gasteiger charge is 2.09. The number of rotatable bonds is 6. The van der Waals surface area contributed by atoms with Gasteiger partial charge in [-0.15, -0.1) is 0 Å². The molecule has 0 aliphatic heterocycles. The van der Waals surface area contributed by atoms with Crippen LogP contribution in [0.2, 0.25) is 0 Å². The Morgan fingerprint density at radius 3 is 2.60 bits per heavy atom. The molecule has 0 heterocycles. The molecule has 5 heteroatoms. The van der Waals surface area contributed by atoms with E-state index in [-0.39, 0.29) is 17.5 Å². The number of carbonyl (C=O) groups is 1. The minimum absolute atomic E-state index is 0.0158. The Kier molecular flexibility index (Phi) is 6.82. The maximum absolute atomic E-state index is 11.6. The predicted molar refractivity (Wildman–Crippen MR) is 82.8 cm³/mol. The van der Waals surface area contributed by atoms with Crippen LogP contribution in [0.4, 0.5) is 0 Å². The number of nitrogens with one attached hydrogen (secondary N) is 2. The molecule has 0 fully saturated rings. The normalized spacial score (nSPS) is 11.1. The van der Waals surface area contributed by atoms with Crippen LogP contribution in [-0.4, -0.2) is 18.5 Å². The third kappa shape index (κ3) is 5.89. The summed E-state index contributed by atoms with van der Waals surface area (Å²) in [6, 6.07) is 9.95. The zero-order valence-electron chi connectivity index (χ0n) is 11.6. The standard InChI is InChI=1S/C15H18BrN3O/c1-11(2)19-15(20)13(9-17)10-18-8-7-12-3-5-14(16)6-4-12/h3-6,10-11,18H,7-8H2,1-2H3,(H,19,20)/b13-10-. The molecule has 1 rings (SSSR count). The summed E-state index contributed by atoms with van der Waals surface area (Å²) in [5.74, 6) is -0.348. The molecular formula is C15H18BrN3O. The van der Waals surface area contributed by atoms with Crippen LogP contribution in [0.15, 0.2) is 40.5 Å². The number of benzene rings is 1. The highest BCUT2D eigenvalue weighted by molar-refractivity contribution is 9.10. The number of halogens is 1. The summed E-state index contributed by atoms with van der Waals surface area (Å²) in [5, 5.41) is 14.6. The van der Waals surface area contributed by atoms with E-state index in [4.69, 9.17) is 5.26 Å². The topological polar surface area (TPSA) is 64.9 Å². The fourth-order valence-corrected chi connectivity index (χ4v) is 1.79. The van der Waals surface area contributed by atoms with E-state index in [1.165, 1.54) is 11.8 Å². The lowest BCUT2D eigenvalue weighted by Crippen LogP contribution is -2.31. The number of hydrogen-bond donors (Lipinski definition) is 2. The van der Waals surface area contributed by atoms with Crippen molar-refractivity contribution < 1.29 is 4.79 Å². The monoisotopic (exact) mass is 335 g/mol. The third-order valence-corrected chi connectivity index (χ3v) is 3.03. The lowest BCUT2D eigenvalue weighted by atomic mass is 10.1. The highest BCUT2D eigenvalue weighted by atomic mass is 79.9. The van der Waals surface area contributed by atoms with E-state index in [0.29, 0.717) is 6.54 Å². The molecule has 0 bridgehead atoms. The first-order valence-corrected chi connectivity index (χ1v) is 7.21. The number of nitrogens with zero attached hydrogens (tertiary/aromatic N) is 1. The van der Waals surface area contributed by atoms with Gasteiger partial charge in [-0.05, 0) is 38.0 Å². The average Bonchev–Trinajstić information content (AvgIpc) is 2.40. The van der Waals surface area contributed by atoms with Gasteiger partial charge in [0, 0.05) is 23.3 Å². The van der Waals surface area contributed by atoms with Crippen molar-refractivity contribution in [3.8, 4) is 6.07 Å².